The highest BCUT2D eigenvalue weighted by atomic mass is 32.2. The number of nitrogens with zero attached hydrogens (tertiary/aromatic N) is 2. The van der Waals surface area contributed by atoms with Gasteiger partial charge < -0.3 is 20.1 Å². The lowest BCUT2D eigenvalue weighted by Gasteiger charge is -2.50. The Morgan fingerprint density at radius 1 is 1.23 bits per heavy atom. The minimum absolute atomic E-state index is 0.0276. The first-order chi connectivity index (χ1) is 16.5. The van der Waals surface area contributed by atoms with Crippen molar-refractivity contribution in [1.29, 1.82) is 0 Å². The summed E-state index contributed by atoms with van der Waals surface area (Å²) in [5, 5.41) is 0.0276. The van der Waals surface area contributed by atoms with E-state index in [2.05, 4.69) is 0 Å². The number of likely N-dealkylation sites (tertiary alicyclic amines) is 1. The van der Waals surface area contributed by atoms with Gasteiger partial charge in [0.1, 0.15) is 17.0 Å². The summed E-state index contributed by atoms with van der Waals surface area (Å²) in [6.45, 7) is 6.11. The SMILES string of the molecule is COc1cc2c(cc1C[C@@H]1CCCN(C(=O)OC(C)(C)C)[C@]1(N)c1ccccc1)N(C)C(=O)SC2. The maximum absolute atomic E-state index is 13.3. The summed E-state index contributed by atoms with van der Waals surface area (Å²) in [5.41, 5.74) is 9.36. The van der Waals surface area contributed by atoms with Crippen molar-refractivity contribution in [2.24, 2.45) is 11.7 Å². The van der Waals surface area contributed by atoms with E-state index in [4.69, 9.17) is 15.2 Å². The van der Waals surface area contributed by atoms with Gasteiger partial charge in [-0.2, -0.15) is 0 Å². The molecule has 2 atom stereocenters. The molecule has 0 aliphatic carbocycles. The Kier molecular flexibility index (Phi) is 7.06. The second-order valence-corrected chi connectivity index (χ2v) is 11.2. The third kappa shape index (κ3) is 5.00. The van der Waals surface area contributed by atoms with Crippen molar-refractivity contribution < 1.29 is 19.1 Å². The zero-order valence-electron chi connectivity index (χ0n) is 21.2. The number of anilines is 1. The van der Waals surface area contributed by atoms with E-state index in [9.17, 15) is 9.59 Å². The van der Waals surface area contributed by atoms with Crippen LogP contribution in [-0.4, -0.2) is 42.5 Å². The molecule has 0 unspecified atom stereocenters. The number of carbonyl (C=O) groups excluding carboxylic acids is 2. The van der Waals surface area contributed by atoms with Gasteiger partial charge in [0.25, 0.3) is 5.24 Å². The first-order valence-electron chi connectivity index (χ1n) is 12.0. The molecule has 2 amide bonds. The van der Waals surface area contributed by atoms with Gasteiger partial charge in [0, 0.05) is 31.0 Å². The summed E-state index contributed by atoms with van der Waals surface area (Å²) in [4.78, 5) is 29.0. The molecule has 8 heteroatoms. The quantitative estimate of drug-likeness (QED) is 0.600. The van der Waals surface area contributed by atoms with E-state index in [1.54, 1.807) is 24.0 Å². The number of rotatable bonds is 4. The summed E-state index contributed by atoms with van der Waals surface area (Å²) >= 11 is 1.29. The second-order valence-electron chi connectivity index (χ2n) is 10.3. The molecule has 1 saturated heterocycles. The predicted octanol–water partition coefficient (Wildman–Crippen LogP) is 5.50. The number of hydrogen-bond donors (Lipinski definition) is 1. The van der Waals surface area contributed by atoms with Crippen LogP contribution in [-0.2, 0) is 22.6 Å². The molecule has 2 N–H and O–H groups in total. The second kappa shape index (κ2) is 9.74. The van der Waals surface area contributed by atoms with Crippen LogP contribution >= 0.6 is 11.8 Å². The molecule has 2 aliphatic heterocycles. The normalized spacial score (nSPS) is 22.6. The van der Waals surface area contributed by atoms with Crippen LogP contribution in [0.1, 0.15) is 50.3 Å². The molecule has 0 saturated carbocycles. The predicted molar refractivity (Wildman–Crippen MR) is 140 cm³/mol. The third-order valence-electron chi connectivity index (χ3n) is 6.79. The molecule has 0 bridgehead atoms. The van der Waals surface area contributed by atoms with Gasteiger partial charge in [-0.05, 0) is 68.9 Å². The molecule has 2 aliphatic rings. The maximum atomic E-state index is 13.3. The van der Waals surface area contributed by atoms with Crippen molar-refractivity contribution >= 4 is 28.8 Å². The van der Waals surface area contributed by atoms with Gasteiger partial charge in [0.15, 0.2) is 0 Å². The Bertz CT molecular complexity index is 1100. The number of benzene rings is 2. The van der Waals surface area contributed by atoms with Crippen LogP contribution in [0.15, 0.2) is 42.5 Å². The largest absolute Gasteiger partial charge is 0.496 e. The monoisotopic (exact) mass is 497 g/mol. The van der Waals surface area contributed by atoms with Crippen molar-refractivity contribution in [3.8, 4) is 5.75 Å². The highest BCUT2D eigenvalue weighted by Crippen LogP contribution is 2.44. The number of fused-ring (bicyclic) bond motifs is 1. The Morgan fingerprint density at radius 2 is 1.94 bits per heavy atom. The van der Waals surface area contributed by atoms with Crippen LogP contribution in [0.25, 0.3) is 0 Å². The van der Waals surface area contributed by atoms with Gasteiger partial charge in [-0.25, -0.2) is 4.79 Å². The number of amides is 2. The molecule has 2 aromatic carbocycles. The molecule has 2 aromatic rings. The van der Waals surface area contributed by atoms with E-state index >= 15 is 0 Å². The first kappa shape index (κ1) is 25.4. The van der Waals surface area contributed by atoms with Crippen LogP contribution in [0.2, 0.25) is 0 Å². The fourth-order valence-corrected chi connectivity index (χ4v) is 5.87. The number of hydrogen-bond acceptors (Lipinski definition) is 6. The van der Waals surface area contributed by atoms with Crippen molar-refractivity contribution in [3.63, 3.8) is 0 Å². The van der Waals surface area contributed by atoms with Crippen LogP contribution in [0.5, 0.6) is 5.75 Å². The highest BCUT2D eigenvalue weighted by molar-refractivity contribution is 8.13. The van der Waals surface area contributed by atoms with E-state index in [0.29, 0.717) is 18.7 Å². The lowest BCUT2D eigenvalue weighted by atomic mass is 9.75. The minimum atomic E-state index is -1.06. The Balaban J connectivity index is 1.75. The number of piperidine rings is 1. The zero-order chi connectivity index (χ0) is 25.4. The topological polar surface area (TPSA) is 85.1 Å². The van der Waals surface area contributed by atoms with E-state index in [0.717, 1.165) is 41.0 Å². The van der Waals surface area contributed by atoms with E-state index in [1.807, 2.05) is 63.2 Å². The molecule has 0 radical (unpaired) electrons. The Labute approximate surface area is 211 Å². The lowest BCUT2D eigenvalue weighted by molar-refractivity contribution is -0.0384. The standard InChI is InChI=1S/C27H35N3O4S/c1-26(2,3)34-24(31)30-13-9-12-21(27(30,28)20-10-7-6-8-11-20)14-18-15-22-19(16-23(18)33-5)17-35-25(32)29(22)4/h6-8,10-11,15-16,21H,9,12-14,17,28H2,1-5H3/t21-,27+/m0/s1. The smallest absolute Gasteiger partial charge is 0.412 e. The average Bonchev–Trinajstić information content (AvgIpc) is 2.82. The Morgan fingerprint density at radius 3 is 2.60 bits per heavy atom. The molecular weight excluding hydrogens is 462 g/mol. The Hall–Kier alpha value is -2.71. The van der Waals surface area contributed by atoms with Crippen LogP contribution in [0, 0.1) is 5.92 Å². The number of methoxy groups -OCH3 is 1. The number of carbonyl (C=O) groups is 2. The minimum Gasteiger partial charge on any atom is -0.496 e. The summed E-state index contributed by atoms with van der Waals surface area (Å²) in [7, 11) is 3.46. The van der Waals surface area contributed by atoms with Gasteiger partial charge in [0.05, 0.1) is 7.11 Å². The van der Waals surface area contributed by atoms with Gasteiger partial charge in [-0.15, -0.1) is 0 Å². The molecular formula is C27H35N3O4S. The van der Waals surface area contributed by atoms with Crippen molar-refractivity contribution in [2.75, 3.05) is 25.6 Å². The number of ether oxygens (including phenoxy) is 2. The van der Waals surface area contributed by atoms with Gasteiger partial charge >= 0.3 is 6.09 Å². The van der Waals surface area contributed by atoms with E-state index in [1.165, 1.54) is 11.8 Å². The van der Waals surface area contributed by atoms with E-state index in [-0.39, 0.29) is 11.2 Å². The molecule has 4 rings (SSSR count). The number of nitrogens with two attached hydrogens (primary N) is 1. The molecule has 7 nitrogen and oxygen atoms in total. The van der Waals surface area contributed by atoms with Crippen molar-refractivity contribution in [3.05, 3.63) is 59.2 Å². The zero-order valence-corrected chi connectivity index (χ0v) is 22.0. The third-order valence-corrected chi connectivity index (χ3v) is 7.76. The molecule has 1 fully saturated rings. The van der Waals surface area contributed by atoms with Crippen LogP contribution < -0.4 is 15.4 Å². The fourth-order valence-electron chi connectivity index (χ4n) is 5.07. The highest BCUT2D eigenvalue weighted by Gasteiger charge is 2.48. The average molecular weight is 498 g/mol. The van der Waals surface area contributed by atoms with Gasteiger partial charge in [-0.3, -0.25) is 9.69 Å². The summed E-state index contributed by atoms with van der Waals surface area (Å²) < 4.78 is 11.5. The summed E-state index contributed by atoms with van der Waals surface area (Å²) in [6.07, 6.45) is 1.84. The summed E-state index contributed by atoms with van der Waals surface area (Å²) in [6, 6.07) is 13.9. The number of thioether (sulfide) groups is 1. The maximum Gasteiger partial charge on any atom is 0.412 e. The first-order valence-corrected chi connectivity index (χ1v) is 13.0. The fraction of sp³-hybridized carbons (Fsp3) is 0.481. The van der Waals surface area contributed by atoms with E-state index < -0.39 is 17.4 Å². The molecule has 188 valence electrons. The molecule has 0 spiro atoms. The van der Waals surface area contributed by atoms with Crippen LogP contribution in [0.3, 0.4) is 0 Å². The van der Waals surface area contributed by atoms with Crippen LogP contribution in [0.4, 0.5) is 15.3 Å². The summed E-state index contributed by atoms with van der Waals surface area (Å²) in [5.74, 6) is 1.31. The molecule has 0 aromatic heterocycles. The molecule has 2 heterocycles. The lowest BCUT2D eigenvalue weighted by Crippen LogP contribution is -2.63. The van der Waals surface area contributed by atoms with Crippen molar-refractivity contribution in [1.82, 2.24) is 4.90 Å². The van der Waals surface area contributed by atoms with Gasteiger partial charge in [0.2, 0.25) is 0 Å². The van der Waals surface area contributed by atoms with Gasteiger partial charge in [-0.1, -0.05) is 42.1 Å². The molecule has 35 heavy (non-hydrogen) atoms. The van der Waals surface area contributed by atoms with Crippen molar-refractivity contribution in [2.45, 2.75) is 57.1 Å².